The third-order valence-corrected chi connectivity index (χ3v) is 3.03. The summed E-state index contributed by atoms with van der Waals surface area (Å²) < 4.78 is 15.4. The second-order valence-corrected chi connectivity index (χ2v) is 4.67. The molecule has 1 aromatic rings. The van der Waals surface area contributed by atoms with Crippen LogP contribution >= 0.6 is 15.9 Å². The number of hydrogen-bond donors (Lipinski definition) is 0. The van der Waals surface area contributed by atoms with Crippen molar-refractivity contribution in [3.8, 4) is 0 Å². The van der Waals surface area contributed by atoms with Gasteiger partial charge in [0.05, 0.1) is 25.9 Å². The molecular formula is C13H15BrO5. The molecule has 6 heteroatoms. The lowest BCUT2D eigenvalue weighted by molar-refractivity contribution is -0.147. The van der Waals surface area contributed by atoms with Gasteiger partial charge in [0.2, 0.25) is 0 Å². The van der Waals surface area contributed by atoms with E-state index in [2.05, 4.69) is 20.7 Å². The smallest absolute Gasteiger partial charge is 0.338 e. The average Bonchev–Trinajstić information content (AvgIpc) is 2.43. The van der Waals surface area contributed by atoms with Gasteiger partial charge in [-0.15, -0.1) is 0 Å². The largest absolute Gasteiger partial charge is 0.467 e. The number of rotatable bonds is 5. The Labute approximate surface area is 120 Å². The highest BCUT2D eigenvalue weighted by molar-refractivity contribution is 9.10. The number of halogens is 1. The highest BCUT2D eigenvalue weighted by Gasteiger charge is 2.18. The molecule has 1 atom stereocenters. The third-order valence-electron chi connectivity index (χ3n) is 2.54. The molecule has 0 saturated carbocycles. The Balaban J connectivity index is 2.93. The van der Waals surface area contributed by atoms with Crippen molar-refractivity contribution < 1.29 is 23.8 Å². The number of benzene rings is 1. The van der Waals surface area contributed by atoms with Gasteiger partial charge in [0.25, 0.3) is 0 Å². The molecule has 0 aliphatic carbocycles. The molecule has 0 fully saturated rings. The lowest BCUT2D eigenvalue weighted by Gasteiger charge is -2.16. The molecule has 0 saturated heterocycles. The molecular weight excluding hydrogens is 316 g/mol. The number of carbonyl (C=O) groups excluding carboxylic acids is 2. The van der Waals surface area contributed by atoms with Crippen LogP contribution < -0.4 is 0 Å². The maximum Gasteiger partial charge on any atom is 0.338 e. The van der Waals surface area contributed by atoms with Crippen LogP contribution in [0, 0.1) is 0 Å². The van der Waals surface area contributed by atoms with Crippen molar-refractivity contribution in [1.29, 1.82) is 0 Å². The van der Waals surface area contributed by atoms with Gasteiger partial charge in [-0.3, -0.25) is 0 Å². The SMILES string of the molecule is COC(=O)COC(C)c1cc(Br)ccc1C(=O)OC. The second-order valence-electron chi connectivity index (χ2n) is 3.75. The quantitative estimate of drug-likeness (QED) is 0.776. The standard InChI is InChI=1S/C13H15BrO5/c1-8(19-7-12(15)17-2)11-6-9(14)4-5-10(11)13(16)18-3/h4-6,8H,7H2,1-3H3. The number of hydrogen-bond acceptors (Lipinski definition) is 5. The summed E-state index contributed by atoms with van der Waals surface area (Å²) in [5.41, 5.74) is 1.05. The minimum atomic E-state index is -0.471. The van der Waals surface area contributed by atoms with E-state index in [0.29, 0.717) is 11.1 Å². The fourth-order valence-corrected chi connectivity index (χ4v) is 1.89. The predicted octanol–water partition coefficient (Wildman–Crippen LogP) is 2.49. The third kappa shape index (κ3) is 4.33. The van der Waals surface area contributed by atoms with E-state index in [9.17, 15) is 9.59 Å². The van der Waals surface area contributed by atoms with Gasteiger partial charge in [0.1, 0.15) is 6.61 Å². The molecule has 1 aromatic carbocycles. The van der Waals surface area contributed by atoms with Crippen molar-refractivity contribution >= 4 is 27.9 Å². The summed E-state index contributed by atoms with van der Waals surface area (Å²) in [5, 5.41) is 0. The maximum absolute atomic E-state index is 11.7. The van der Waals surface area contributed by atoms with Crippen LogP contribution in [0.5, 0.6) is 0 Å². The molecule has 19 heavy (non-hydrogen) atoms. The van der Waals surface area contributed by atoms with Gasteiger partial charge in [-0.2, -0.15) is 0 Å². The van der Waals surface area contributed by atoms with Crippen LogP contribution in [0.4, 0.5) is 0 Å². The summed E-state index contributed by atoms with van der Waals surface area (Å²) in [6.45, 7) is 1.57. The highest BCUT2D eigenvalue weighted by Crippen LogP contribution is 2.25. The summed E-state index contributed by atoms with van der Waals surface area (Å²) in [6.07, 6.45) is -0.439. The predicted molar refractivity (Wildman–Crippen MR) is 71.9 cm³/mol. The molecule has 0 N–H and O–H groups in total. The first-order valence-electron chi connectivity index (χ1n) is 5.55. The zero-order chi connectivity index (χ0) is 14.4. The van der Waals surface area contributed by atoms with Gasteiger partial charge in [-0.1, -0.05) is 15.9 Å². The zero-order valence-electron chi connectivity index (χ0n) is 10.9. The van der Waals surface area contributed by atoms with Crippen molar-refractivity contribution in [2.45, 2.75) is 13.0 Å². The molecule has 1 unspecified atom stereocenters. The summed E-state index contributed by atoms with van der Waals surface area (Å²) in [4.78, 5) is 22.7. The molecule has 1 rings (SSSR count). The summed E-state index contributed by atoms with van der Waals surface area (Å²) in [6, 6.07) is 5.14. The van der Waals surface area contributed by atoms with Gasteiger partial charge in [-0.05, 0) is 30.7 Å². The Hall–Kier alpha value is -1.40. The van der Waals surface area contributed by atoms with E-state index < -0.39 is 18.0 Å². The van der Waals surface area contributed by atoms with Crippen LogP contribution in [0.15, 0.2) is 22.7 Å². The van der Waals surface area contributed by atoms with Gasteiger partial charge in [0.15, 0.2) is 0 Å². The minimum absolute atomic E-state index is 0.176. The molecule has 0 bridgehead atoms. The summed E-state index contributed by atoms with van der Waals surface area (Å²) in [7, 11) is 2.60. The molecule has 0 aliphatic rings. The van der Waals surface area contributed by atoms with E-state index in [4.69, 9.17) is 9.47 Å². The second kappa shape index (κ2) is 7.25. The van der Waals surface area contributed by atoms with E-state index in [-0.39, 0.29) is 6.61 Å². The number of ether oxygens (including phenoxy) is 3. The normalized spacial score (nSPS) is 11.8. The van der Waals surface area contributed by atoms with E-state index in [1.165, 1.54) is 14.2 Å². The average molecular weight is 331 g/mol. The van der Waals surface area contributed by atoms with Gasteiger partial charge in [-0.25, -0.2) is 9.59 Å². The zero-order valence-corrected chi connectivity index (χ0v) is 12.5. The van der Waals surface area contributed by atoms with E-state index >= 15 is 0 Å². The summed E-state index contributed by atoms with van der Waals surface area (Å²) >= 11 is 3.33. The van der Waals surface area contributed by atoms with Crippen molar-refractivity contribution in [2.24, 2.45) is 0 Å². The Kier molecular flexibility index (Phi) is 5.98. The molecule has 0 radical (unpaired) electrons. The Bertz CT molecular complexity index is 472. The van der Waals surface area contributed by atoms with Crippen LogP contribution in [0.3, 0.4) is 0 Å². The minimum Gasteiger partial charge on any atom is -0.467 e. The molecule has 104 valence electrons. The van der Waals surface area contributed by atoms with Crippen LogP contribution in [0.2, 0.25) is 0 Å². The van der Waals surface area contributed by atoms with Crippen molar-refractivity contribution in [3.05, 3.63) is 33.8 Å². The first-order chi connectivity index (χ1) is 8.99. The number of esters is 2. The Morgan fingerprint density at radius 2 is 1.95 bits per heavy atom. The number of methoxy groups -OCH3 is 2. The van der Waals surface area contributed by atoms with Crippen LogP contribution in [-0.2, 0) is 19.0 Å². The lowest BCUT2D eigenvalue weighted by Crippen LogP contribution is -2.15. The van der Waals surface area contributed by atoms with Gasteiger partial charge < -0.3 is 14.2 Å². The highest BCUT2D eigenvalue weighted by atomic mass is 79.9. The first kappa shape index (κ1) is 15.7. The molecule has 0 heterocycles. The molecule has 5 nitrogen and oxygen atoms in total. The van der Waals surface area contributed by atoms with E-state index in [1.807, 2.05) is 0 Å². The van der Waals surface area contributed by atoms with Gasteiger partial charge in [0, 0.05) is 4.47 Å². The van der Waals surface area contributed by atoms with E-state index in [1.54, 1.807) is 25.1 Å². The molecule has 0 aromatic heterocycles. The van der Waals surface area contributed by atoms with Gasteiger partial charge >= 0.3 is 11.9 Å². The number of carbonyl (C=O) groups is 2. The molecule has 0 spiro atoms. The van der Waals surface area contributed by atoms with Crippen molar-refractivity contribution in [2.75, 3.05) is 20.8 Å². The Morgan fingerprint density at radius 3 is 2.53 bits per heavy atom. The fourth-order valence-electron chi connectivity index (χ4n) is 1.51. The molecule has 0 amide bonds. The van der Waals surface area contributed by atoms with E-state index in [0.717, 1.165) is 4.47 Å². The van der Waals surface area contributed by atoms with Crippen molar-refractivity contribution in [1.82, 2.24) is 0 Å². The Morgan fingerprint density at radius 1 is 1.26 bits per heavy atom. The van der Waals surface area contributed by atoms with Crippen LogP contribution in [0.25, 0.3) is 0 Å². The van der Waals surface area contributed by atoms with Crippen LogP contribution in [0.1, 0.15) is 28.9 Å². The summed E-state index contributed by atoms with van der Waals surface area (Å²) in [5.74, 6) is -0.919. The maximum atomic E-state index is 11.7. The first-order valence-corrected chi connectivity index (χ1v) is 6.35. The van der Waals surface area contributed by atoms with Crippen molar-refractivity contribution in [3.63, 3.8) is 0 Å². The fraction of sp³-hybridized carbons (Fsp3) is 0.385. The topological polar surface area (TPSA) is 61.8 Å². The van der Waals surface area contributed by atoms with Crippen LogP contribution in [-0.4, -0.2) is 32.8 Å². The lowest BCUT2D eigenvalue weighted by atomic mass is 10.0. The molecule has 0 aliphatic heterocycles. The monoisotopic (exact) mass is 330 g/mol.